The first-order valence-corrected chi connectivity index (χ1v) is 21.0. The number of imidazole rings is 1. The highest BCUT2D eigenvalue weighted by Gasteiger charge is 2.44. The summed E-state index contributed by atoms with van der Waals surface area (Å²) in [5, 5.41) is 42.0. The smallest absolute Gasteiger partial charge is 0.394 e. The zero-order valence-electron chi connectivity index (χ0n) is 33.8. The molecule has 326 valence electrons. The number of nitriles is 1. The number of aromatic nitrogens is 6. The molecule has 1 unspecified atom stereocenters. The number of hydrogen-bond acceptors (Lipinski definition) is 14. The number of piperidine rings is 1. The molecular formula is C42H51F3N10O6. The zero-order chi connectivity index (χ0) is 43.1. The van der Waals surface area contributed by atoms with E-state index in [0.29, 0.717) is 106 Å². The molecule has 3 saturated heterocycles. The predicted octanol–water partition coefficient (Wildman–Crippen LogP) is 3.81. The highest BCUT2D eigenvalue weighted by atomic mass is 19.4. The molecule has 6 heterocycles. The zero-order valence-corrected chi connectivity index (χ0v) is 33.8. The maximum atomic E-state index is 14.1. The molecule has 3 aliphatic rings. The number of aliphatic hydroxyl groups is 3. The quantitative estimate of drug-likeness (QED) is 0.111. The van der Waals surface area contributed by atoms with Gasteiger partial charge in [-0.3, -0.25) is 14.2 Å². The number of alkyl halides is 3. The maximum absolute atomic E-state index is 14.1. The summed E-state index contributed by atoms with van der Waals surface area (Å²) in [6, 6.07) is 10.3. The van der Waals surface area contributed by atoms with E-state index in [9.17, 15) is 38.1 Å². The summed E-state index contributed by atoms with van der Waals surface area (Å²) >= 11 is 0. The van der Waals surface area contributed by atoms with Gasteiger partial charge in [-0.2, -0.15) is 18.4 Å². The average molecular weight is 849 g/mol. The van der Waals surface area contributed by atoms with Crippen LogP contribution in [0.25, 0.3) is 11.2 Å². The number of ether oxygens (including phenoxy) is 1. The molecule has 61 heavy (non-hydrogen) atoms. The third-order valence-corrected chi connectivity index (χ3v) is 11.9. The van der Waals surface area contributed by atoms with Crippen molar-refractivity contribution >= 4 is 34.5 Å². The number of nitrogens with one attached hydrogen (secondary N) is 1. The lowest BCUT2D eigenvalue weighted by Crippen LogP contribution is -2.38. The van der Waals surface area contributed by atoms with Crippen LogP contribution in [0.3, 0.4) is 0 Å². The van der Waals surface area contributed by atoms with E-state index >= 15 is 0 Å². The largest absolute Gasteiger partial charge is 0.451 e. The van der Waals surface area contributed by atoms with Gasteiger partial charge in [0.1, 0.15) is 41.8 Å². The molecule has 0 aliphatic carbocycles. The van der Waals surface area contributed by atoms with Crippen molar-refractivity contribution in [1.82, 2.24) is 34.8 Å². The van der Waals surface area contributed by atoms with Gasteiger partial charge < -0.3 is 35.2 Å². The number of fused-ring (bicyclic) bond motifs is 1. The van der Waals surface area contributed by atoms with Crippen LogP contribution in [0.5, 0.6) is 0 Å². The summed E-state index contributed by atoms with van der Waals surface area (Å²) in [5.74, 6) is -0.695. The normalized spacial score (nSPS) is 22.2. The minimum atomic E-state index is -4.76. The van der Waals surface area contributed by atoms with Gasteiger partial charge in [-0.1, -0.05) is 12.1 Å². The lowest BCUT2D eigenvalue weighted by Gasteiger charge is -2.34. The van der Waals surface area contributed by atoms with E-state index in [0.717, 1.165) is 24.8 Å². The number of carbonyl (C=O) groups excluding carboxylic acids is 2. The van der Waals surface area contributed by atoms with Crippen molar-refractivity contribution < 1.29 is 42.8 Å². The van der Waals surface area contributed by atoms with Crippen LogP contribution in [-0.4, -0.2) is 114 Å². The first-order chi connectivity index (χ1) is 29.4. The number of ketones is 1. The Morgan fingerprint density at radius 3 is 2.43 bits per heavy atom. The van der Waals surface area contributed by atoms with Crippen LogP contribution in [0.2, 0.25) is 0 Å². The van der Waals surface area contributed by atoms with Gasteiger partial charge in [-0.15, -0.1) is 0 Å². The standard InChI is InChI=1S/C42H51F3N10O6/c43-42(44,45)41-51-33(21-34(52-41)54-18-4-8-30(54)31(57)9-1-5-26-11-13-28(22-46)14-12-26)53-19-15-27(16-20-53)6-2-10-35(58)47-17-3-7-29-36-39(49-24-48-29)55(25-50-36)40-38(60)37(59)32(23-56)61-40/h11-14,21,24-25,27,30,32,37-38,40,56,59-60H,1-10,15-20,23H2,(H,47,58)/t30-,32+,37-,38?,40+/m0/s1. The van der Waals surface area contributed by atoms with E-state index < -0.39 is 49.2 Å². The summed E-state index contributed by atoms with van der Waals surface area (Å²) in [4.78, 5) is 50.5. The second-order valence-electron chi connectivity index (χ2n) is 16.0. The van der Waals surface area contributed by atoms with E-state index in [2.05, 4.69) is 36.3 Å². The van der Waals surface area contributed by atoms with Crippen molar-refractivity contribution in [2.24, 2.45) is 5.92 Å². The molecule has 0 spiro atoms. The minimum Gasteiger partial charge on any atom is -0.394 e. The Hall–Kier alpha value is -5.29. The third-order valence-electron chi connectivity index (χ3n) is 11.9. The average Bonchev–Trinajstić information content (AvgIpc) is 4.00. The number of benzene rings is 1. The number of rotatable bonds is 17. The Balaban J connectivity index is 0.849. The number of Topliss-reactive ketones (excluding diaryl/α,β-unsaturated/α-hetero) is 1. The molecule has 3 fully saturated rings. The molecule has 4 N–H and O–H groups in total. The second kappa shape index (κ2) is 19.6. The second-order valence-corrected chi connectivity index (χ2v) is 16.0. The molecule has 0 saturated carbocycles. The summed E-state index contributed by atoms with van der Waals surface area (Å²) in [7, 11) is 0. The van der Waals surface area contributed by atoms with Crippen molar-refractivity contribution in [2.45, 2.75) is 114 Å². The van der Waals surface area contributed by atoms with Crippen molar-refractivity contribution in [1.29, 1.82) is 5.26 Å². The third kappa shape index (κ3) is 10.4. The molecule has 19 heteroatoms. The van der Waals surface area contributed by atoms with Crippen LogP contribution in [0.4, 0.5) is 24.8 Å². The molecule has 0 radical (unpaired) electrons. The number of aliphatic hydroxyl groups excluding tert-OH is 3. The molecule has 3 aromatic heterocycles. The van der Waals surface area contributed by atoms with Crippen LogP contribution < -0.4 is 15.1 Å². The van der Waals surface area contributed by atoms with Crippen molar-refractivity contribution in [3.05, 3.63) is 65.6 Å². The van der Waals surface area contributed by atoms with Gasteiger partial charge in [0.15, 0.2) is 17.7 Å². The summed E-state index contributed by atoms with van der Waals surface area (Å²) in [6.45, 7) is 1.42. The van der Waals surface area contributed by atoms with Crippen LogP contribution in [0.15, 0.2) is 43.0 Å². The molecule has 16 nitrogen and oxygen atoms in total. The number of carbonyl (C=O) groups is 2. The van der Waals surface area contributed by atoms with Gasteiger partial charge >= 0.3 is 6.18 Å². The highest BCUT2D eigenvalue weighted by molar-refractivity contribution is 5.87. The molecule has 7 rings (SSSR count). The molecule has 1 aromatic carbocycles. The van der Waals surface area contributed by atoms with E-state index in [-0.39, 0.29) is 29.7 Å². The lowest BCUT2D eigenvalue weighted by molar-refractivity contribution is -0.144. The van der Waals surface area contributed by atoms with Gasteiger partial charge in [0.2, 0.25) is 11.7 Å². The topological polar surface area (TPSA) is 216 Å². The molecule has 5 atom stereocenters. The van der Waals surface area contributed by atoms with Gasteiger partial charge in [-0.05, 0) is 87.8 Å². The van der Waals surface area contributed by atoms with Gasteiger partial charge in [0.05, 0.1) is 36.3 Å². The Labute approximate surface area is 350 Å². The van der Waals surface area contributed by atoms with Gasteiger partial charge in [0, 0.05) is 45.1 Å². The van der Waals surface area contributed by atoms with Crippen molar-refractivity contribution in [3.63, 3.8) is 0 Å². The first kappa shape index (κ1) is 43.8. The van der Waals surface area contributed by atoms with Crippen molar-refractivity contribution in [3.8, 4) is 6.07 Å². The van der Waals surface area contributed by atoms with Gasteiger partial charge in [0.25, 0.3) is 0 Å². The van der Waals surface area contributed by atoms with Crippen LogP contribution in [-0.2, 0) is 33.3 Å². The maximum Gasteiger partial charge on any atom is 0.451 e. The molecule has 1 amide bonds. The fraction of sp³-hybridized carbons (Fsp3) is 0.571. The van der Waals surface area contributed by atoms with E-state index in [1.54, 1.807) is 23.1 Å². The monoisotopic (exact) mass is 848 g/mol. The van der Waals surface area contributed by atoms with E-state index in [1.807, 2.05) is 17.0 Å². The Bertz CT molecular complexity index is 2180. The lowest BCUT2D eigenvalue weighted by atomic mass is 9.91. The van der Waals surface area contributed by atoms with Crippen molar-refractivity contribution in [2.75, 3.05) is 42.6 Å². The van der Waals surface area contributed by atoms with Crippen LogP contribution >= 0.6 is 0 Å². The number of amides is 1. The summed E-state index contributed by atoms with van der Waals surface area (Å²) in [6.07, 6.45) is 0.784. The van der Waals surface area contributed by atoms with Crippen LogP contribution in [0, 0.1) is 17.2 Å². The van der Waals surface area contributed by atoms with Gasteiger partial charge in [-0.25, -0.2) is 24.9 Å². The Kier molecular flexibility index (Phi) is 14.1. The Morgan fingerprint density at radius 1 is 0.934 bits per heavy atom. The number of halogens is 3. The number of hydrogen-bond donors (Lipinski definition) is 4. The highest BCUT2D eigenvalue weighted by Crippen LogP contribution is 2.35. The van der Waals surface area contributed by atoms with E-state index in [4.69, 9.17) is 10.00 Å². The Morgan fingerprint density at radius 2 is 1.70 bits per heavy atom. The number of anilines is 2. The summed E-state index contributed by atoms with van der Waals surface area (Å²) < 4.78 is 49.5. The minimum absolute atomic E-state index is 0.0259. The first-order valence-electron chi connectivity index (χ1n) is 21.0. The fourth-order valence-corrected chi connectivity index (χ4v) is 8.57. The molecule has 4 aromatic rings. The van der Waals surface area contributed by atoms with Crippen LogP contribution in [0.1, 0.15) is 93.1 Å². The molecule has 3 aliphatic heterocycles. The summed E-state index contributed by atoms with van der Waals surface area (Å²) in [5.41, 5.74) is 3.15. The number of nitrogens with zero attached hydrogens (tertiary/aromatic N) is 9. The predicted molar refractivity (Wildman–Crippen MR) is 215 cm³/mol. The van der Waals surface area contributed by atoms with E-state index in [1.165, 1.54) is 17.2 Å². The molecular weight excluding hydrogens is 798 g/mol. The fourth-order valence-electron chi connectivity index (χ4n) is 8.57. The number of aryl methyl sites for hydroxylation is 2. The SMILES string of the molecule is N#Cc1ccc(CCCC(=O)[C@@H]2CCCN2c2cc(N3CCC(CCCC(=O)NCCCc4ncnc5c4ncn5[C@@H]4O[C@H](CO)[C@H](O)C4O)CC3)nc(C(F)(F)F)n2)cc1. The molecule has 0 bridgehead atoms.